The van der Waals surface area contributed by atoms with Crippen molar-refractivity contribution in [1.82, 2.24) is 15.2 Å². The summed E-state index contributed by atoms with van der Waals surface area (Å²) in [5.74, 6) is 0.682. The Morgan fingerprint density at radius 1 is 1.48 bits per heavy atom. The predicted octanol–water partition coefficient (Wildman–Crippen LogP) is 2.98. The van der Waals surface area contributed by atoms with Crippen LogP contribution in [0.2, 0.25) is 0 Å². The van der Waals surface area contributed by atoms with Crippen molar-refractivity contribution in [3.05, 3.63) is 15.6 Å². The number of ether oxygens (including phenoxy) is 1. The molecule has 1 fully saturated rings. The van der Waals surface area contributed by atoms with Crippen LogP contribution in [-0.2, 0) is 11.3 Å². The molecule has 0 bridgehead atoms. The maximum Gasteiger partial charge on any atom is 0.123 e. The summed E-state index contributed by atoms with van der Waals surface area (Å²) in [6.07, 6.45) is 1.36. The second-order valence-electron chi connectivity index (χ2n) is 6.25. The number of rotatable bonds is 7. The van der Waals surface area contributed by atoms with Crippen LogP contribution in [0.15, 0.2) is 0 Å². The fourth-order valence-corrected chi connectivity index (χ4v) is 3.67. The molecule has 0 radical (unpaired) electrons. The van der Waals surface area contributed by atoms with Crippen molar-refractivity contribution in [3.63, 3.8) is 0 Å². The van der Waals surface area contributed by atoms with E-state index in [0.29, 0.717) is 5.92 Å². The van der Waals surface area contributed by atoms with Crippen molar-refractivity contribution in [2.24, 2.45) is 5.92 Å². The average Bonchev–Trinajstić information content (AvgIpc) is 2.81. The van der Waals surface area contributed by atoms with Gasteiger partial charge in [0, 0.05) is 24.5 Å². The maximum atomic E-state index is 5.94. The Labute approximate surface area is 132 Å². The van der Waals surface area contributed by atoms with Crippen molar-refractivity contribution in [3.8, 4) is 0 Å². The third kappa shape index (κ3) is 5.02. The third-order valence-corrected chi connectivity index (χ3v) is 4.96. The van der Waals surface area contributed by atoms with E-state index < -0.39 is 0 Å². The second kappa shape index (κ2) is 8.22. The van der Waals surface area contributed by atoms with E-state index in [2.05, 4.69) is 37.9 Å². The van der Waals surface area contributed by atoms with Crippen LogP contribution in [-0.4, -0.2) is 42.7 Å². The quantitative estimate of drug-likeness (QED) is 0.840. The van der Waals surface area contributed by atoms with E-state index in [0.717, 1.165) is 50.0 Å². The zero-order valence-corrected chi connectivity index (χ0v) is 14.6. The third-order valence-electron chi connectivity index (χ3n) is 3.71. The first-order chi connectivity index (χ1) is 10.1. The van der Waals surface area contributed by atoms with Gasteiger partial charge in [0.2, 0.25) is 0 Å². The van der Waals surface area contributed by atoms with Gasteiger partial charge in [-0.15, -0.1) is 11.3 Å². The van der Waals surface area contributed by atoms with Gasteiger partial charge in [0.05, 0.1) is 12.3 Å². The van der Waals surface area contributed by atoms with Crippen molar-refractivity contribution in [2.45, 2.75) is 46.8 Å². The lowest BCUT2D eigenvalue weighted by molar-refractivity contribution is -0.0299. The van der Waals surface area contributed by atoms with E-state index in [4.69, 9.17) is 9.72 Å². The van der Waals surface area contributed by atoms with Crippen molar-refractivity contribution < 1.29 is 4.74 Å². The van der Waals surface area contributed by atoms with Gasteiger partial charge in [-0.1, -0.05) is 20.8 Å². The molecule has 1 atom stereocenters. The summed E-state index contributed by atoms with van der Waals surface area (Å²) in [6, 6.07) is 0. The molecule has 0 saturated carbocycles. The van der Waals surface area contributed by atoms with E-state index in [-0.39, 0.29) is 6.10 Å². The van der Waals surface area contributed by atoms with Crippen LogP contribution < -0.4 is 5.32 Å². The summed E-state index contributed by atoms with van der Waals surface area (Å²) < 4.78 is 5.94. The van der Waals surface area contributed by atoms with E-state index in [1.807, 2.05) is 11.3 Å². The highest BCUT2D eigenvalue weighted by atomic mass is 32.1. The van der Waals surface area contributed by atoms with E-state index in [9.17, 15) is 0 Å². The first kappa shape index (κ1) is 16.9. The second-order valence-corrected chi connectivity index (χ2v) is 7.36. The highest BCUT2D eigenvalue weighted by Crippen LogP contribution is 2.28. The Morgan fingerprint density at radius 3 is 3.00 bits per heavy atom. The Balaban J connectivity index is 1.94. The Morgan fingerprint density at radius 2 is 2.29 bits per heavy atom. The summed E-state index contributed by atoms with van der Waals surface area (Å²) in [7, 11) is 0. The molecule has 5 heteroatoms. The smallest absolute Gasteiger partial charge is 0.123 e. The molecule has 4 nitrogen and oxygen atoms in total. The lowest BCUT2D eigenvalue weighted by Gasteiger charge is -2.31. The van der Waals surface area contributed by atoms with E-state index in [1.165, 1.54) is 11.3 Å². The molecule has 0 aromatic carbocycles. The molecule has 1 N–H and O–H groups in total. The summed E-state index contributed by atoms with van der Waals surface area (Å²) in [6.45, 7) is 14.8. The minimum atomic E-state index is 0.160. The summed E-state index contributed by atoms with van der Waals surface area (Å²) in [4.78, 5) is 8.59. The highest BCUT2D eigenvalue weighted by molar-refractivity contribution is 7.11. The molecular weight excluding hydrogens is 282 g/mol. The first-order valence-electron chi connectivity index (χ1n) is 8.11. The minimum absolute atomic E-state index is 0.160. The fourth-order valence-electron chi connectivity index (χ4n) is 2.60. The predicted molar refractivity (Wildman–Crippen MR) is 88.8 cm³/mol. The maximum absolute atomic E-state index is 5.94. The molecule has 1 aliphatic rings. The number of thiazole rings is 1. The van der Waals surface area contributed by atoms with Gasteiger partial charge in [-0.05, 0) is 32.4 Å². The van der Waals surface area contributed by atoms with Gasteiger partial charge in [-0.3, -0.25) is 4.90 Å². The Bertz CT molecular complexity index is 431. The van der Waals surface area contributed by atoms with Crippen LogP contribution in [0.5, 0.6) is 0 Å². The van der Waals surface area contributed by atoms with Crippen LogP contribution in [0.3, 0.4) is 0 Å². The van der Waals surface area contributed by atoms with Gasteiger partial charge in [0.15, 0.2) is 0 Å². The van der Waals surface area contributed by atoms with E-state index in [1.54, 1.807) is 0 Å². The van der Waals surface area contributed by atoms with Gasteiger partial charge in [0.25, 0.3) is 0 Å². The lowest BCUT2D eigenvalue weighted by atomic mass is 10.2. The van der Waals surface area contributed by atoms with Gasteiger partial charge in [-0.25, -0.2) is 4.98 Å². The zero-order valence-electron chi connectivity index (χ0n) is 13.8. The summed E-state index contributed by atoms with van der Waals surface area (Å²) in [5.41, 5.74) is 1.16. The molecule has 1 aromatic heterocycles. The molecule has 0 spiro atoms. The summed E-state index contributed by atoms with van der Waals surface area (Å²) in [5, 5.41) is 4.65. The molecule has 1 aromatic rings. The largest absolute Gasteiger partial charge is 0.368 e. The van der Waals surface area contributed by atoms with Crippen molar-refractivity contribution in [2.75, 3.05) is 32.8 Å². The van der Waals surface area contributed by atoms with Crippen molar-refractivity contribution >= 4 is 11.3 Å². The Kier molecular flexibility index (Phi) is 6.61. The first-order valence-corrected chi connectivity index (χ1v) is 8.92. The number of aromatic nitrogens is 1. The lowest BCUT2D eigenvalue weighted by Crippen LogP contribution is -2.38. The number of morpholine rings is 1. The van der Waals surface area contributed by atoms with Crippen molar-refractivity contribution in [1.29, 1.82) is 0 Å². The molecule has 2 rings (SSSR count). The van der Waals surface area contributed by atoms with Crippen LogP contribution in [0.4, 0.5) is 0 Å². The average molecular weight is 311 g/mol. The SMILES string of the molecule is CCCN1CCOC(c2nc(C)c(CNCC(C)C)s2)C1. The van der Waals surface area contributed by atoms with Crippen LogP contribution >= 0.6 is 11.3 Å². The monoisotopic (exact) mass is 311 g/mol. The van der Waals surface area contributed by atoms with Gasteiger partial charge >= 0.3 is 0 Å². The molecule has 1 aliphatic heterocycles. The van der Waals surface area contributed by atoms with Gasteiger partial charge in [0.1, 0.15) is 11.1 Å². The minimum Gasteiger partial charge on any atom is -0.368 e. The molecule has 21 heavy (non-hydrogen) atoms. The molecule has 120 valence electrons. The van der Waals surface area contributed by atoms with Crippen LogP contribution in [0.1, 0.15) is 48.9 Å². The topological polar surface area (TPSA) is 37.4 Å². The molecule has 2 heterocycles. The fraction of sp³-hybridized carbons (Fsp3) is 0.812. The number of nitrogens with zero attached hydrogens (tertiary/aromatic N) is 2. The standard InChI is InChI=1S/C16H29N3OS/c1-5-6-19-7-8-20-14(11-19)16-18-13(4)15(21-16)10-17-9-12(2)3/h12,14,17H,5-11H2,1-4H3. The van der Waals surface area contributed by atoms with E-state index >= 15 is 0 Å². The van der Waals surface area contributed by atoms with Gasteiger partial charge in [-0.2, -0.15) is 0 Å². The zero-order chi connectivity index (χ0) is 15.2. The Hall–Kier alpha value is -0.490. The molecule has 0 aliphatic carbocycles. The molecular formula is C16H29N3OS. The van der Waals surface area contributed by atoms with Crippen LogP contribution in [0, 0.1) is 12.8 Å². The summed E-state index contributed by atoms with van der Waals surface area (Å²) >= 11 is 1.81. The molecule has 1 unspecified atom stereocenters. The molecule has 1 saturated heterocycles. The molecule has 0 amide bonds. The number of hydrogen-bond donors (Lipinski definition) is 1. The number of nitrogens with one attached hydrogen (secondary N) is 1. The van der Waals surface area contributed by atoms with Crippen LogP contribution in [0.25, 0.3) is 0 Å². The highest BCUT2D eigenvalue weighted by Gasteiger charge is 2.24. The van der Waals surface area contributed by atoms with Gasteiger partial charge < -0.3 is 10.1 Å². The number of hydrogen-bond acceptors (Lipinski definition) is 5. The number of aryl methyl sites for hydroxylation is 1. The normalized spacial score (nSPS) is 20.3.